The molecule has 2 aromatic carbocycles. The molecule has 0 radical (unpaired) electrons. The Morgan fingerprint density at radius 3 is 2.28 bits per heavy atom. The van der Waals surface area contributed by atoms with E-state index in [1.165, 1.54) is 12.1 Å². The fraction of sp³-hybridized carbons (Fsp3) is 0.535. The minimum Gasteiger partial charge on any atom is -0.493 e. The number of rotatable bonds is 24. The molecule has 2 atom stereocenters. The van der Waals surface area contributed by atoms with Gasteiger partial charge in [0, 0.05) is 79.6 Å². The fourth-order valence-corrected chi connectivity index (χ4v) is 7.52. The average Bonchev–Trinajstić information content (AvgIpc) is 3.71. The average molecular weight is 875 g/mol. The maximum Gasteiger partial charge on any atom is 0.404 e. The lowest BCUT2D eigenvalue weighted by Gasteiger charge is -2.43. The molecule has 0 saturated carbocycles. The number of amides is 3. The quantitative estimate of drug-likeness (QED) is 0.0955. The predicted octanol–water partition coefficient (Wildman–Crippen LogP) is 5.62. The molecule has 2 saturated heterocycles. The van der Waals surface area contributed by atoms with Gasteiger partial charge >= 0.3 is 6.09 Å². The molecule has 3 aromatic rings. The third-order valence-electron chi connectivity index (χ3n) is 10.4. The van der Waals surface area contributed by atoms with Crippen LogP contribution in [-0.2, 0) is 18.9 Å². The highest BCUT2D eigenvalue weighted by Gasteiger charge is 2.34. The molecule has 0 bridgehead atoms. The number of pyridine rings is 1. The van der Waals surface area contributed by atoms with Crippen LogP contribution in [0.15, 0.2) is 54.6 Å². The first-order valence-electron chi connectivity index (χ1n) is 20.8. The zero-order valence-electron chi connectivity index (χ0n) is 34.8. The van der Waals surface area contributed by atoms with Gasteiger partial charge in [-0.05, 0) is 62.2 Å². The van der Waals surface area contributed by atoms with Gasteiger partial charge in [0.25, 0.3) is 18.2 Å². The molecule has 2 fully saturated rings. The summed E-state index contributed by atoms with van der Waals surface area (Å²) in [6.45, 7) is 10.8. The molecule has 2 aliphatic rings. The zero-order chi connectivity index (χ0) is 43.6. The first-order valence-corrected chi connectivity index (χ1v) is 21.1. The van der Waals surface area contributed by atoms with Crippen LogP contribution in [0.4, 0.5) is 19.3 Å². The van der Waals surface area contributed by atoms with Crippen molar-refractivity contribution in [3.8, 4) is 17.0 Å². The summed E-state index contributed by atoms with van der Waals surface area (Å²) in [6, 6.07) is 14.9. The third kappa shape index (κ3) is 14.2. The lowest BCUT2D eigenvalue weighted by molar-refractivity contribution is -0.00303. The molecule has 2 aliphatic heterocycles. The summed E-state index contributed by atoms with van der Waals surface area (Å²) in [5.74, 6) is -0.148. The van der Waals surface area contributed by atoms with Gasteiger partial charge in [-0.1, -0.05) is 30.7 Å². The van der Waals surface area contributed by atoms with E-state index in [2.05, 4.69) is 20.4 Å². The number of carbonyl (C=O) groups is 3. The van der Waals surface area contributed by atoms with E-state index < -0.39 is 24.0 Å². The second-order valence-electron chi connectivity index (χ2n) is 14.5. The van der Waals surface area contributed by atoms with E-state index in [-0.39, 0.29) is 60.5 Å². The molecular weight excluding hydrogens is 818 g/mol. The van der Waals surface area contributed by atoms with Crippen molar-refractivity contribution >= 4 is 35.2 Å². The highest BCUT2D eigenvalue weighted by molar-refractivity contribution is 6.30. The van der Waals surface area contributed by atoms with Crippen LogP contribution in [0.2, 0.25) is 5.02 Å². The first kappa shape index (κ1) is 47.4. The molecule has 18 heteroatoms. The Balaban J connectivity index is 1.15. The fourth-order valence-electron chi connectivity index (χ4n) is 7.34. The molecule has 15 nitrogen and oxygen atoms in total. The van der Waals surface area contributed by atoms with Gasteiger partial charge < -0.3 is 49.2 Å². The number of aromatic nitrogens is 1. The van der Waals surface area contributed by atoms with Crippen LogP contribution in [0.3, 0.4) is 0 Å². The van der Waals surface area contributed by atoms with Crippen molar-refractivity contribution in [3.63, 3.8) is 0 Å². The van der Waals surface area contributed by atoms with Gasteiger partial charge in [-0.3, -0.25) is 14.5 Å². The number of halogens is 3. The number of carboxylic acid groups (broad SMARTS) is 1. The highest BCUT2D eigenvalue weighted by Crippen LogP contribution is 2.34. The van der Waals surface area contributed by atoms with E-state index in [0.29, 0.717) is 96.0 Å². The normalized spacial score (nSPS) is 16.9. The number of likely N-dealkylation sites (tertiary alicyclic amines) is 1. The maximum absolute atomic E-state index is 14.3. The molecule has 3 N–H and O–H groups in total. The van der Waals surface area contributed by atoms with Crippen molar-refractivity contribution in [1.29, 1.82) is 0 Å². The summed E-state index contributed by atoms with van der Waals surface area (Å²) in [7, 11) is 0. The van der Waals surface area contributed by atoms with Gasteiger partial charge in [0.2, 0.25) is 0 Å². The van der Waals surface area contributed by atoms with Crippen molar-refractivity contribution in [1.82, 2.24) is 25.4 Å². The lowest BCUT2D eigenvalue weighted by atomic mass is 10.0. The smallest absolute Gasteiger partial charge is 0.404 e. The first-order chi connectivity index (χ1) is 29.6. The Morgan fingerprint density at radius 1 is 0.885 bits per heavy atom. The molecule has 334 valence electrons. The van der Waals surface area contributed by atoms with Gasteiger partial charge in [-0.25, -0.2) is 18.6 Å². The van der Waals surface area contributed by atoms with Crippen molar-refractivity contribution < 1.29 is 52.0 Å². The standard InChI is InChI=1S/C43H57ClF2N6O9/c1-3-32-29-51(42(54)33-10-9-30(44)27-35(33)40(45)46)16-17-52(32)37-12-11-36(34-7-5-6-8-38(34)61-4-2)49-39(37)41(53)48-31-13-15-50(28-31)18-20-58-22-24-60-26-25-59-23-21-57-19-14-47-43(55)56/h5-12,27,31-32,40,47H,3-4,13-26,28-29H2,1-2H3,(H,48,53)(H,55,56)/t31-,32-/m1/s1. The summed E-state index contributed by atoms with van der Waals surface area (Å²) in [6.07, 6.45) is -2.56. The number of alkyl halides is 2. The number of anilines is 1. The number of piperazine rings is 1. The summed E-state index contributed by atoms with van der Waals surface area (Å²) in [5.41, 5.74) is 1.75. The van der Waals surface area contributed by atoms with Crippen LogP contribution >= 0.6 is 11.6 Å². The van der Waals surface area contributed by atoms with Crippen molar-refractivity contribution in [3.05, 3.63) is 76.4 Å². The van der Waals surface area contributed by atoms with E-state index in [1.807, 2.05) is 50.2 Å². The van der Waals surface area contributed by atoms with Crippen LogP contribution in [0.25, 0.3) is 11.3 Å². The molecule has 3 heterocycles. The molecule has 1 aromatic heterocycles. The SMILES string of the molecule is CCOc1ccccc1-c1ccc(N2CCN(C(=O)c3ccc(Cl)cc3C(F)F)C[C@H]2CC)c(C(=O)N[C@@H]2CCN(CCOCCOCCOCCOCCNC(=O)O)C2)n1. The van der Waals surface area contributed by atoms with Gasteiger partial charge in [-0.15, -0.1) is 0 Å². The van der Waals surface area contributed by atoms with Crippen molar-refractivity contribution in [2.24, 2.45) is 0 Å². The van der Waals surface area contributed by atoms with Crippen molar-refractivity contribution in [2.45, 2.75) is 45.2 Å². The van der Waals surface area contributed by atoms with Crippen LogP contribution in [-0.4, -0.2) is 155 Å². The second-order valence-corrected chi connectivity index (χ2v) is 14.9. The monoisotopic (exact) mass is 874 g/mol. The van der Waals surface area contributed by atoms with Crippen LogP contribution in [0.1, 0.15) is 59.5 Å². The minimum absolute atomic E-state index is 0.0724. The topological polar surface area (TPSA) is 164 Å². The molecule has 0 spiro atoms. The van der Waals surface area contributed by atoms with E-state index in [4.69, 9.17) is 45.4 Å². The predicted molar refractivity (Wildman–Crippen MR) is 226 cm³/mol. The molecule has 0 unspecified atom stereocenters. The number of hydrogen-bond acceptors (Lipinski definition) is 11. The summed E-state index contributed by atoms with van der Waals surface area (Å²) < 4.78 is 55.8. The second kappa shape index (κ2) is 24.7. The Labute approximate surface area is 360 Å². The van der Waals surface area contributed by atoms with Crippen molar-refractivity contribution in [2.75, 3.05) is 110 Å². The number of carbonyl (C=O) groups excluding carboxylic acids is 2. The number of para-hydroxylation sites is 1. The number of hydrogen-bond donors (Lipinski definition) is 3. The van der Waals surface area contributed by atoms with Gasteiger partial charge in [0.15, 0.2) is 5.69 Å². The van der Waals surface area contributed by atoms with Crippen LogP contribution < -0.4 is 20.3 Å². The lowest BCUT2D eigenvalue weighted by Crippen LogP contribution is -2.55. The molecular formula is C43H57ClF2N6O9. The number of nitrogens with one attached hydrogen (secondary N) is 2. The molecule has 0 aliphatic carbocycles. The number of ether oxygens (including phenoxy) is 5. The Kier molecular flexibility index (Phi) is 19.2. The summed E-state index contributed by atoms with van der Waals surface area (Å²) in [5, 5.41) is 14.1. The van der Waals surface area contributed by atoms with Gasteiger partial charge in [0.05, 0.1) is 70.8 Å². The van der Waals surface area contributed by atoms with Gasteiger partial charge in [0.1, 0.15) is 5.75 Å². The molecule has 61 heavy (non-hydrogen) atoms. The Morgan fingerprint density at radius 2 is 1.59 bits per heavy atom. The highest BCUT2D eigenvalue weighted by atomic mass is 35.5. The van der Waals surface area contributed by atoms with E-state index >= 15 is 0 Å². The zero-order valence-corrected chi connectivity index (χ0v) is 35.5. The maximum atomic E-state index is 14.3. The summed E-state index contributed by atoms with van der Waals surface area (Å²) >= 11 is 5.99. The molecule has 5 rings (SSSR count). The van der Waals surface area contributed by atoms with Crippen LogP contribution in [0.5, 0.6) is 5.75 Å². The largest absolute Gasteiger partial charge is 0.493 e. The Bertz CT molecular complexity index is 1880. The third-order valence-corrected chi connectivity index (χ3v) is 10.6. The van der Waals surface area contributed by atoms with Crippen LogP contribution in [0, 0.1) is 0 Å². The number of nitrogens with zero attached hydrogens (tertiary/aromatic N) is 4. The number of benzene rings is 2. The van der Waals surface area contributed by atoms with E-state index in [0.717, 1.165) is 24.6 Å². The Hall–Kier alpha value is -4.65. The summed E-state index contributed by atoms with van der Waals surface area (Å²) in [4.78, 5) is 49.2. The van der Waals surface area contributed by atoms with Gasteiger partial charge in [-0.2, -0.15) is 0 Å². The minimum atomic E-state index is -2.86. The molecule has 3 amide bonds. The van der Waals surface area contributed by atoms with E-state index in [1.54, 1.807) is 4.90 Å². The van der Waals surface area contributed by atoms with E-state index in [9.17, 15) is 23.2 Å².